The number of rotatable bonds is 6. The van der Waals surface area contributed by atoms with Crippen LogP contribution < -0.4 is 10.1 Å². The summed E-state index contributed by atoms with van der Waals surface area (Å²) < 4.78 is 5.87. The molecule has 2 N–H and O–H groups in total. The Morgan fingerprint density at radius 2 is 2.06 bits per heavy atom. The fourth-order valence-electron chi connectivity index (χ4n) is 3.90. The van der Waals surface area contributed by atoms with E-state index in [0.717, 1.165) is 11.1 Å². The molecule has 0 aliphatic carbocycles. The summed E-state index contributed by atoms with van der Waals surface area (Å²) in [6.45, 7) is 4.23. The number of hydrogen-bond acceptors (Lipinski definition) is 5. The van der Waals surface area contributed by atoms with Crippen LogP contribution in [0.4, 0.5) is 5.82 Å². The molecule has 4 rings (SSSR count). The van der Waals surface area contributed by atoms with Crippen molar-refractivity contribution in [2.45, 2.75) is 32.7 Å². The number of carbonyl (C=O) groups excluding carboxylic acids is 2. The van der Waals surface area contributed by atoms with Crippen LogP contribution in [0.15, 0.2) is 47.9 Å². The maximum atomic E-state index is 13.2. The number of para-hydroxylation sites is 1. The number of benzene rings is 1. The predicted octanol–water partition coefficient (Wildman–Crippen LogP) is 3.52. The second-order valence-corrected chi connectivity index (χ2v) is 8.65. The molecule has 0 spiro atoms. The van der Waals surface area contributed by atoms with E-state index in [2.05, 4.69) is 10.3 Å². The molecule has 8 nitrogen and oxygen atoms in total. The van der Waals surface area contributed by atoms with Crippen LogP contribution in [0, 0.1) is 5.92 Å². The smallest absolute Gasteiger partial charge is 0.337 e. The fourth-order valence-corrected chi connectivity index (χ4v) is 4.13. The molecule has 1 atom stereocenters. The Hall–Kier alpha value is -3.39. The second kappa shape index (κ2) is 8.63. The van der Waals surface area contributed by atoms with Crippen molar-refractivity contribution in [1.82, 2.24) is 9.88 Å². The molecule has 0 radical (unpaired) electrons. The molecule has 32 heavy (non-hydrogen) atoms. The highest BCUT2D eigenvalue weighted by Gasteiger charge is 2.42. The molecule has 166 valence electrons. The lowest BCUT2D eigenvalue weighted by atomic mass is 10.0. The van der Waals surface area contributed by atoms with E-state index in [9.17, 15) is 14.4 Å². The number of carbonyl (C=O) groups is 3. The molecule has 0 saturated heterocycles. The van der Waals surface area contributed by atoms with E-state index in [1.165, 1.54) is 23.2 Å². The van der Waals surface area contributed by atoms with Crippen LogP contribution in [0.5, 0.6) is 5.75 Å². The fraction of sp³-hybridized carbons (Fsp3) is 0.304. The van der Waals surface area contributed by atoms with Gasteiger partial charge >= 0.3 is 5.97 Å². The van der Waals surface area contributed by atoms with Crippen LogP contribution in [0.2, 0.25) is 5.02 Å². The van der Waals surface area contributed by atoms with Crippen LogP contribution in [-0.4, -0.2) is 45.4 Å². The quantitative estimate of drug-likeness (QED) is 0.689. The van der Waals surface area contributed by atoms with E-state index in [-0.39, 0.29) is 35.5 Å². The Labute approximate surface area is 189 Å². The maximum absolute atomic E-state index is 13.2. The Bertz CT molecular complexity index is 1130. The van der Waals surface area contributed by atoms with Gasteiger partial charge in [0.2, 0.25) is 5.91 Å². The van der Waals surface area contributed by atoms with Crippen LogP contribution in [0.3, 0.4) is 0 Å². The molecule has 9 heteroatoms. The van der Waals surface area contributed by atoms with Gasteiger partial charge in [0.1, 0.15) is 17.6 Å². The van der Waals surface area contributed by atoms with Gasteiger partial charge in [-0.25, -0.2) is 9.78 Å². The van der Waals surface area contributed by atoms with Gasteiger partial charge in [-0.05, 0) is 30.5 Å². The minimum Gasteiger partial charge on any atom is -0.478 e. The zero-order valence-electron chi connectivity index (χ0n) is 17.6. The Kier molecular flexibility index (Phi) is 5.88. The summed E-state index contributed by atoms with van der Waals surface area (Å²) >= 11 is 6.24. The van der Waals surface area contributed by atoms with Gasteiger partial charge in [0.15, 0.2) is 5.76 Å². The molecule has 2 aliphatic rings. The monoisotopic (exact) mass is 455 g/mol. The average Bonchev–Trinajstić information content (AvgIpc) is 3.06. The number of hydrogen-bond donors (Lipinski definition) is 2. The summed E-state index contributed by atoms with van der Waals surface area (Å²) in [5.41, 5.74) is 1.73. The van der Waals surface area contributed by atoms with Crippen LogP contribution in [0.1, 0.15) is 36.2 Å². The lowest BCUT2D eigenvalue weighted by Crippen LogP contribution is -2.46. The van der Waals surface area contributed by atoms with Gasteiger partial charge in [0.25, 0.3) is 5.91 Å². The van der Waals surface area contributed by atoms with Gasteiger partial charge in [-0.3, -0.25) is 9.59 Å². The predicted molar refractivity (Wildman–Crippen MR) is 118 cm³/mol. The SMILES string of the molecule is CC(C)C[C@@H](C(=O)Nc1ccc(C(=O)O)cn1)N1CC2=C(Oc3c(Cl)cccc3C2)C1=O. The van der Waals surface area contributed by atoms with Crippen molar-refractivity contribution in [2.24, 2.45) is 5.92 Å². The number of aromatic carboxylic acids is 1. The topological polar surface area (TPSA) is 109 Å². The van der Waals surface area contributed by atoms with Crippen molar-refractivity contribution in [1.29, 1.82) is 0 Å². The van der Waals surface area contributed by atoms with E-state index in [1.54, 1.807) is 6.07 Å². The number of aromatic nitrogens is 1. The molecule has 0 unspecified atom stereocenters. The molecule has 0 fully saturated rings. The van der Waals surface area contributed by atoms with Gasteiger partial charge in [0.05, 0.1) is 10.6 Å². The molecule has 2 aliphatic heterocycles. The standard InChI is InChI=1S/C23H22ClN3O5/c1-12(2)8-17(21(28)26-18-7-6-14(10-25-18)23(30)31)27-11-15-9-13-4-3-5-16(24)19(13)32-20(15)22(27)29/h3-7,10,12,17H,8-9,11H2,1-2H3,(H,30,31)(H,25,26,28)/t17-/m0/s1. The Balaban J connectivity index is 1.54. The van der Waals surface area contributed by atoms with Crippen molar-refractivity contribution >= 4 is 35.2 Å². The molecule has 0 bridgehead atoms. The minimum absolute atomic E-state index is 0.0173. The van der Waals surface area contributed by atoms with Gasteiger partial charge in [-0.1, -0.05) is 37.6 Å². The van der Waals surface area contributed by atoms with Crippen molar-refractivity contribution in [3.8, 4) is 5.75 Å². The molecule has 1 aromatic carbocycles. The first kappa shape index (κ1) is 21.8. The lowest BCUT2D eigenvalue weighted by Gasteiger charge is -2.28. The molecule has 2 aromatic rings. The van der Waals surface area contributed by atoms with Gasteiger partial charge < -0.3 is 20.1 Å². The maximum Gasteiger partial charge on any atom is 0.337 e. The molecule has 0 saturated carbocycles. The Morgan fingerprint density at radius 3 is 2.72 bits per heavy atom. The number of anilines is 1. The van der Waals surface area contributed by atoms with E-state index >= 15 is 0 Å². The number of carboxylic acids is 1. The number of fused-ring (bicyclic) bond motifs is 1. The van der Waals surface area contributed by atoms with Crippen LogP contribution >= 0.6 is 11.6 Å². The van der Waals surface area contributed by atoms with Crippen molar-refractivity contribution < 1.29 is 24.2 Å². The third-order valence-electron chi connectivity index (χ3n) is 5.43. The van der Waals surface area contributed by atoms with Gasteiger partial charge in [0, 0.05) is 30.3 Å². The number of nitrogens with one attached hydrogen (secondary N) is 1. The first-order chi connectivity index (χ1) is 15.2. The number of pyridine rings is 1. The van der Waals surface area contributed by atoms with Crippen LogP contribution in [0.25, 0.3) is 0 Å². The summed E-state index contributed by atoms with van der Waals surface area (Å²) in [5, 5.41) is 12.1. The summed E-state index contributed by atoms with van der Waals surface area (Å²) in [7, 11) is 0. The summed E-state index contributed by atoms with van der Waals surface area (Å²) in [6.07, 6.45) is 2.15. The van der Waals surface area contributed by atoms with Crippen molar-refractivity contribution in [3.63, 3.8) is 0 Å². The zero-order chi connectivity index (χ0) is 23.0. The molecular weight excluding hydrogens is 434 g/mol. The first-order valence-electron chi connectivity index (χ1n) is 10.2. The lowest BCUT2D eigenvalue weighted by molar-refractivity contribution is -0.135. The van der Waals surface area contributed by atoms with E-state index < -0.39 is 17.9 Å². The third kappa shape index (κ3) is 4.18. The highest BCUT2D eigenvalue weighted by atomic mass is 35.5. The van der Waals surface area contributed by atoms with E-state index in [0.29, 0.717) is 23.6 Å². The number of amides is 2. The average molecular weight is 456 g/mol. The van der Waals surface area contributed by atoms with Crippen LogP contribution in [-0.2, 0) is 16.0 Å². The van der Waals surface area contributed by atoms with E-state index in [1.807, 2.05) is 26.0 Å². The van der Waals surface area contributed by atoms with E-state index in [4.69, 9.17) is 21.4 Å². The van der Waals surface area contributed by atoms with Crippen molar-refractivity contribution in [2.75, 3.05) is 11.9 Å². The first-order valence-corrected chi connectivity index (χ1v) is 10.6. The molecule has 1 aromatic heterocycles. The molecule has 3 heterocycles. The highest BCUT2D eigenvalue weighted by molar-refractivity contribution is 6.32. The third-order valence-corrected chi connectivity index (χ3v) is 5.73. The minimum atomic E-state index is -1.10. The van der Waals surface area contributed by atoms with Gasteiger partial charge in [-0.2, -0.15) is 0 Å². The highest BCUT2D eigenvalue weighted by Crippen LogP contribution is 2.39. The number of nitrogens with zero attached hydrogens (tertiary/aromatic N) is 2. The zero-order valence-corrected chi connectivity index (χ0v) is 18.3. The number of carboxylic acid groups (broad SMARTS) is 1. The second-order valence-electron chi connectivity index (χ2n) is 8.24. The number of ether oxygens (including phenoxy) is 1. The number of halogens is 1. The molecule has 2 amide bonds. The summed E-state index contributed by atoms with van der Waals surface area (Å²) in [4.78, 5) is 42.8. The Morgan fingerprint density at radius 1 is 1.28 bits per heavy atom. The van der Waals surface area contributed by atoms with Gasteiger partial charge in [-0.15, -0.1) is 0 Å². The summed E-state index contributed by atoms with van der Waals surface area (Å²) in [6, 6.07) is 7.49. The summed E-state index contributed by atoms with van der Waals surface area (Å²) in [5.74, 6) is -0.765. The van der Waals surface area contributed by atoms with Crippen molar-refractivity contribution in [3.05, 3.63) is 64.0 Å². The largest absolute Gasteiger partial charge is 0.478 e. The molecular formula is C23H22ClN3O5. The normalized spacial score (nSPS) is 15.9.